The molecule has 1 saturated heterocycles. The van der Waals surface area contributed by atoms with E-state index in [2.05, 4.69) is 113 Å². The Morgan fingerprint density at radius 2 is 1.42 bits per heavy atom. The molecule has 4 aromatic rings. The van der Waals surface area contributed by atoms with Crippen molar-refractivity contribution in [2.45, 2.75) is 50.2 Å². The van der Waals surface area contributed by atoms with Crippen molar-refractivity contribution in [1.29, 1.82) is 5.26 Å². The molecular weight excluding hydrogens is 529 g/mol. The fraction of sp³-hybridized carbons (Fsp3) is 0.237. The quantitative estimate of drug-likeness (QED) is 0.230. The van der Waals surface area contributed by atoms with Crippen molar-refractivity contribution in [2.75, 3.05) is 0 Å². The summed E-state index contributed by atoms with van der Waals surface area (Å²) in [5, 5.41) is 9.40. The predicted octanol–water partition coefficient (Wildman–Crippen LogP) is 8.51. The lowest BCUT2D eigenvalue weighted by Crippen LogP contribution is -2.41. The van der Waals surface area contributed by atoms with Crippen LogP contribution >= 0.6 is 0 Å². The number of nitrogens with zero attached hydrogens (tertiary/aromatic N) is 1. The highest BCUT2D eigenvalue weighted by molar-refractivity contribution is 6.55. The molecule has 0 radical (unpaired) electrons. The highest BCUT2D eigenvalue weighted by atomic mass is 16.7. The van der Waals surface area contributed by atoms with Crippen LogP contribution < -0.4 is 4.74 Å². The second kappa shape index (κ2) is 9.07. The molecule has 0 bridgehead atoms. The van der Waals surface area contributed by atoms with Gasteiger partial charge < -0.3 is 14.0 Å². The third kappa shape index (κ3) is 3.51. The molecule has 4 nitrogen and oxygen atoms in total. The lowest BCUT2D eigenvalue weighted by atomic mass is 9.57. The summed E-state index contributed by atoms with van der Waals surface area (Å²) in [4.78, 5) is 0. The molecule has 1 spiro atoms. The summed E-state index contributed by atoms with van der Waals surface area (Å²) in [6, 6.07) is 33.8. The first-order valence-electron chi connectivity index (χ1n) is 15.0. The zero-order valence-corrected chi connectivity index (χ0v) is 24.8. The van der Waals surface area contributed by atoms with Crippen LogP contribution in [-0.4, -0.2) is 18.3 Å². The second-order valence-electron chi connectivity index (χ2n) is 13.0. The average molecular weight is 561 g/mol. The normalized spacial score (nSPS) is 25.2. The van der Waals surface area contributed by atoms with E-state index in [1.807, 2.05) is 30.3 Å². The number of para-hydroxylation sites is 2. The average Bonchev–Trinajstić information content (AvgIpc) is 3.44. The van der Waals surface area contributed by atoms with Gasteiger partial charge in [0.2, 0.25) is 0 Å². The molecule has 3 atom stereocenters. The maximum atomic E-state index is 9.40. The van der Waals surface area contributed by atoms with Crippen molar-refractivity contribution in [1.82, 2.24) is 0 Å². The van der Waals surface area contributed by atoms with Crippen molar-refractivity contribution >= 4 is 7.12 Å². The maximum absolute atomic E-state index is 9.40. The zero-order chi connectivity index (χ0) is 29.6. The SMILES string of the molecule is CC1(C)OB(C2=CC=CC3C2c2ccccc2C32c3ccccc3Oc3c(-c4ccc(C#N)cc4)cccc32)OC1(C)C. The Morgan fingerprint density at radius 3 is 2.16 bits per heavy atom. The first-order valence-corrected chi connectivity index (χ1v) is 15.0. The Bertz CT molecular complexity index is 1880. The highest BCUT2D eigenvalue weighted by Gasteiger charge is 2.61. The topological polar surface area (TPSA) is 51.5 Å². The number of allylic oxidation sites excluding steroid dienone is 4. The van der Waals surface area contributed by atoms with Crippen molar-refractivity contribution in [2.24, 2.45) is 5.92 Å². The summed E-state index contributed by atoms with van der Waals surface area (Å²) in [5.41, 5.74) is 7.36. The summed E-state index contributed by atoms with van der Waals surface area (Å²) < 4.78 is 20.2. The Morgan fingerprint density at radius 1 is 0.744 bits per heavy atom. The summed E-state index contributed by atoms with van der Waals surface area (Å²) >= 11 is 0. The summed E-state index contributed by atoms with van der Waals surface area (Å²) in [6.07, 6.45) is 6.77. The van der Waals surface area contributed by atoms with Crippen molar-refractivity contribution in [3.63, 3.8) is 0 Å². The third-order valence-corrected chi connectivity index (χ3v) is 10.4. The van der Waals surface area contributed by atoms with Gasteiger partial charge in [-0.2, -0.15) is 5.26 Å². The van der Waals surface area contributed by atoms with E-state index in [-0.39, 0.29) is 11.8 Å². The molecule has 0 aromatic heterocycles. The number of nitriles is 1. The van der Waals surface area contributed by atoms with Crippen LogP contribution in [-0.2, 0) is 14.7 Å². The first-order chi connectivity index (χ1) is 20.8. The molecule has 8 rings (SSSR count). The van der Waals surface area contributed by atoms with Gasteiger partial charge in [-0.15, -0.1) is 0 Å². The fourth-order valence-corrected chi connectivity index (χ4v) is 7.68. The van der Waals surface area contributed by atoms with Crippen molar-refractivity contribution in [3.8, 4) is 28.7 Å². The van der Waals surface area contributed by atoms with Gasteiger partial charge in [-0.05, 0) is 68.1 Å². The first kappa shape index (κ1) is 26.3. The summed E-state index contributed by atoms with van der Waals surface area (Å²) in [5.74, 6) is 1.87. The molecule has 0 saturated carbocycles. The van der Waals surface area contributed by atoms with Crippen LogP contribution in [0.5, 0.6) is 11.5 Å². The zero-order valence-electron chi connectivity index (χ0n) is 24.8. The Hall–Kier alpha value is -4.37. The molecule has 3 unspecified atom stereocenters. The lowest BCUT2D eigenvalue weighted by Gasteiger charge is -2.44. The van der Waals surface area contributed by atoms with Crippen LogP contribution in [0.2, 0.25) is 0 Å². The number of fused-ring (bicyclic) bond motifs is 9. The molecule has 2 aliphatic carbocycles. The van der Waals surface area contributed by atoms with E-state index in [1.165, 1.54) is 16.7 Å². The van der Waals surface area contributed by atoms with Gasteiger partial charge in [0, 0.05) is 28.5 Å². The molecule has 0 amide bonds. The standard InChI is InChI=1S/C38H32BNO3/c1-36(2)37(3,4)43-39(42-36)32-17-10-15-30-34(32)27-11-5-6-13-28(27)38(30)29-14-7-8-18-33(29)41-35-26(12-9-16-31(35)38)25-21-19-24(23-40)20-22-25/h5-22,30,34H,1-4H3. The summed E-state index contributed by atoms with van der Waals surface area (Å²) in [7, 11) is -0.440. The van der Waals surface area contributed by atoms with Crippen molar-refractivity contribution in [3.05, 3.63) is 143 Å². The van der Waals surface area contributed by atoms with Gasteiger partial charge in [-0.25, -0.2) is 0 Å². The molecule has 4 aromatic carbocycles. The molecule has 43 heavy (non-hydrogen) atoms. The van der Waals surface area contributed by atoms with Gasteiger partial charge in [-0.1, -0.05) is 91.0 Å². The molecule has 4 aliphatic rings. The number of hydrogen-bond donors (Lipinski definition) is 0. The largest absolute Gasteiger partial charge is 0.491 e. The van der Waals surface area contributed by atoms with Crippen molar-refractivity contribution < 1.29 is 14.0 Å². The van der Waals surface area contributed by atoms with Gasteiger partial charge in [0.15, 0.2) is 0 Å². The van der Waals surface area contributed by atoms with E-state index >= 15 is 0 Å². The Labute approximate surface area is 253 Å². The number of benzene rings is 4. The number of rotatable bonds is 2. The van der Waals surface area contributed by atoms with Crippen LogP contribution in [0.25, 0.3) is 11.1 Å². The molecule has 2 heterocycles. The molecule has 5 heteroatoms. The van der Waals surface area contributed by atoms with E-state index in [9.17, 15) is 5.26 Å². The molecule has 210 valence electrons. The minimum Gasteiger partial charge on any atom is -0.456 e. The minimum atomic E-state index is -0.492. The molecular formula is C38H32BNO3. The van der Waals surface area contributed by atoms with Crippen LogP contribution in [0.4, 0.5) is 0 Å². The van der Waals surface area contributed by atoms with Gasteiger partial charge in [0.05, 0.1) is 28.2 Å². The van der Waals surface area contributed by atoms with E-state index in [4.69, 9.17) is 14.0 Å². The van der Waals surface area contributed by atoms with Crippen LogP contribution in [0.3, 0.4) is 0 Å². The van der Waals surface area contributed by atoms with Gasteiger partial charge in [0.25, 0.3) is 0 Å². The Kier molecular flexibility index (Phi) is 5.54. The second-order valence-corrected chi connectivity index (χ2v) is 13.0. The van der Waals surface area contributed by atoms with Crippen LogP contribution in [0.15, 0.2) is 115 Å². The van der Waals surface area contributed by atoms with Gasteiger partial charge >= 0.3 is 7.12 Å². The monoisotopic (exact) mass is 561 g/mol. The van der Waals surface area contributed by atoms with E-state index in [0.29, 0.717) is 5.56 Å². The van der Waals surface area contributed by atoms with E-state index in [1.54, 1.807) is 0 Å². The number of hydrogen-bond acceptors (Lipinski definition) is 4. The Balaban J connectivity index is 1.37. The third-order valence-electron chi connectivity index (χ3n) is 10.4. The molecule has 1 fully saturated rings. The smallest absolute Gasteiger partial charge is 0.456 e. The van der Waals surface area contributed by atoms with Gasteiger partial charge in [0.1, 0.15) is 11.5 Å². The van der Waals surface area contributed by atoms with Crippen LogP contribution in [0, 0.1) is 17.2 Å². The lowest BCUT2D eigenvalue weighted by molar-refractivity contribution is 0.00578. The highest BCUT2D eigenvalue weighted by Crippen LogP contribution is 2.67. The van der Waals surface area contributed by atoms with Gasteiger partial charge in [-0.3, -0.25) is 0 Å². The van der Waals surface area contributed by atoms with Crippen LogP contribution in [0.1, 0.15) is 61.4 Å². The minimum absolute atomic E-state index is 0.0634. The summed E-state index contributed by atoms with van der Waals surface area (Å²) in [6.45, 7) is 8.46. The fourth-order valence-electron chi connectivity index (χ4n) is 7.68. The predicted molar refractivity (Wildman–Crippen MR) is 169 cm³/mol. The molecule has 2 aliphatic heterocycles. The maximum Gasteiger partial charge on any atom is 0.491 e. The number of ether oxygens (including phenoxy) is 1. The van der Waals surface area contributed by atoms with E-state index < -0.39 is 23.7 Å². The molecule has 0 N–H and O–H groups in total. The van der Waals surface area contributed by atoms with E-state index in [0.717, 1.165) is 33.7 Å².